The number of hydrogen-bond acceptors (Lipinski definition) is 10. The highest BCUT2D eigenvalue weighted by Crippen LogP contribution is 2.59. The first kappa shape index (κ1) is 40.6. The van der Waals surface area contributed by atoms with E-state index in [4.69, 9.17) is 24.9 Å². The second kappa shape index (κ2) is 18.2. The number of carbonyl (C=O) groups is 2. The predicted molar refractivity (Wildman–Crippen MR) is 209 cm³/mol. The average molecular weight is 759 g/mol. The summed E-state index contributed by atoms with van der Waals surface area (Å²) < 4.78 is 17.9. The summed E-state index contributed by atoms with van der Waals surface area (Å²) in [6.45, 7) is 7.39. The molecule has 2 aromatic heterocycles. The Bertz CT molecular complexity index is 1730. The molecule has 3 saturated carbocycles. The number of hydrogen-bond donors (Lipinski definition) is 4. The average Bonchev–Trinajstić information content (AvgIpc) is 3.68. The number of rotatable bonds is 15. The van der Waals surface area contributed by atoms with Gasteiger partial charge in [-0.15, -0.1) is 0 Å². The number of nitrogen functional groups attached to an aromatic ring is 1. The number of esters is 2. The zero-order chi connectivity index (χ0) is 39.2. The van der Waals surface area contributed by atoms with E-state index in [1.165, 1.54) is 19.5 Å². The van der Waals surface area contributed by atoms with Crippen molar-refractivity contribution >= 4 is 17.8 Å². The van der Waals surface area contributed by atoms with Crippen LogP contribution in [0, 0.1) is 47.3 Å². The third kappa shape index (κ3) is 9.66. The van der Waals surface area contributed by atoms with Crippen molar-refractivity contribution in [3.8, 4) is 22.6 Å². The number of aryl methyl sites for hydroxylation is 1. The molecule has 3 aromatic rings. The maximum Gasteiger partial charge on any atom is 0.302 e. The molecule has 0 spiro atoms. The second-order valence-corrected chi connectivity index (χ2v) is 16.7. The molecule has 300 valence electrons. The topological polar surface area (TPSA) is 176 Å². The van der Waals surface area contributed by atoms with Crippen LogP contribution in [0.15, 0.2) is 48.8 Å². The fourth-order valence-electron chi connectivity index (χ4n) is 10.8. The molecule has 6 rings (SSSR count). The van der Waals surface area contributed by atoms with Crippen LogP contribution in [-0.4, -0.2) is 64.3 Å². The van der Waals surface area contributed by atoms with Crippen molar-refractivity contribution in [1.29, 1.82) is 0 Å². The normalized spacial score (nSPS) is 27.4. The van der Waals surface area contributed by atoms with Crippen molar-refractivity contribution in [2.45, 2.75) is 104 Å². The van der Waals surface area contributed by atoms with E-state index in [9.17, 15) is 24.9 Å². The molecule has 10 atom stereocenters. The van der Waals surface area contributed by atoms with E-state index in [-0.39, 0.29) is 49.1 Å². The maximum absolute atomic E-state index is 12.8. The lowest BCUT2D eigenvalue weighted by Crippen LogP contribution is -2.49. The third-order valence-electron chi connectivity index (χ3n) is 13.0. The van der Waals surface area contributed by atoms with Gasteiger partial charge in [0.15, 0.2) is 11.5 Å². The van der Waals surface area contributed by atoms with Crippen LogP contribution >= 0.6 is 0 Å². The molecule has 11 heteroatoms. The van der Waals surface area contributed by atoms with Crippen molar-refractivity contribution in [2.75, 3.05) is 25.6 Å². The number of ether oxygens (including phenoxy) is 3. The van der Waals surface area contributed by atoms with Crippen molar-refractivity contribution in [3.63, 3.8) is 0 Å². The lowest BCUT2D eigenvalue weighted by Gasteiger charge is -2.56. The number of aliphatic hydroxyl groups excluding tert-OH is 2. The number of phenolic OH excluding ortho intramolecular Hbond substituents is 1. The summed E-state index contributed by atoms with van der Waals surface area (Å²) in [7, 11) is 0. The molecule has 3 aliphatic rings. The molecule has 3 fully saturated rings. The second-order valence-electron chi connectivity index (χ2n) is 16.7. The van der Waals surface area contributed by atoms with Gasteiger partial charge in [-0.3, -0.25) is 9.59 Å². The van der Waals surface area contributed by atoms with Gasteiger partial charge >= 0.3 is 11.9 Å². The number of aromatic hydroxyl groups is 1. The van der Waals surface area contributed by atoms with E-state index in [0.717, 1.165) is 55.2 Å². The fourth-order valence-corrected chi connectivity index (χ4v) is 10.8. The summed E-state index contributed by atoms with van der Waals surface area (Å²) in [5.74, 6) is 3.13. The fraction of sp³-hybridized carbons (Fsp3) is 0.614. The molecule has 0 amide bonds. The first-order chi connectivity index (χ1) is 26.4. The SMILES string of the molecule is CC(=O)OC(CCc1cc(OCCO)c(O)cc1-c1ccnc(N)c1)CC(OC(C)=O)C1CC2CC3C(CCC(c4ccc[n-]4)C3CC2C(C)C)C(CO)C1. The van der Waals surface area contributed by atoms with E-state index >= 15 is 0 Å². The molecule has 11 nitrogen and oxygen atoms in total. The Labute approximate surface area is 325 Å². The summed E-state index contributed by atoms with van der Waals surface area (Å²) in [4.78, 5) is 34.3. The molecule has 10 unspecified atom stereocenters. The number of benzene rings is 1. The smallest absolute Gasteiger partial charge is 0.302 e. The van der Waals surface area contributed by atoms with Crippen molar-refractivity contribution < 1.29 is 39.1 Å². The largest absolute Gasteiger partial charge is 0.667 e. The highest BCUT2D eigenvalue weighted by Gasteiger charge is 2.51. The molecule has 1 aromatic carbocycles. The standard InChI is InChI=1S/C44H60N3O8/c1-25(2)36-22-39-35(40-6-5-12-46-40)10-9-34-32(24-49)17-31(16-30(36)18-38(34)39)42(55-27(4)51)21-33(54-26(3)50)8-7-28-19-43(53-15-14-48)41(52)23-37(28)29-11-13-47-44(45)20-29/h5-6,11-13,19-20,23,25,30-36,38-39,42,48-49,52H,7-10,14-18,21-22,24H2,1-4H3,(H2,45,47)/q-1. The van der Waals surface area contributed by atoms with Crippen LogP contribution in [0.5, 0.6) is 11.5 Å². The highest BCUT2D eigenvalue weighted by molar-refractivity contribution is 5.72. The van der Waals surface area contributed by atoms with Crippen LogP contribution < -0.4 is 15.5 Å². The van der Waals surface area contributed by atoms with Crippen LogP contribution in [0.4, 0.5) is 5.82 Å². The summed E-state index contributed by atoms with van der Waals surface area (Å²) in [6, 6.07) is 11.1. The lowest BCUT2D eigenvalue weighted by molar-refractivity contribution is -0.158. The molecule has 55 heavy (non-hydrogen) atoms. The van der Waals surface area contributed by atoms with E-state index < -0.39 is 18.2 Å². The molecule has 0 radical (unpaired) electrons. The molecule has 0 aliphatic heterocycles. The van der Waals surface area contributed by atoms with Gasteiger partial charge in [0, 0.05) is 33.1 Å². The number of nitrogens with zero attached hydrogens (tertiary/aromatic N) is 2. The Balaban J connectivity index is 1.28. The minimum Gasteiger partial charge on any atom is -0.667 e. The number of carbonyl (C=O) groups excluding carboxylic acids is 2. The van der Waals surface area contributed by atoms with Crippen molar-refractivity contribution in [3.05, 3.63) is 60.0 Å². The molecule has 3 aliphatic carbocycles. The summed E-state index contributed by atoms with van der Waals surface area (Å²) >= 11 is 0. The summed E-state index contributed by atoms with van der Waals surface area (Å²) in [6.07, 6.45) is 9.59. The number of anilines is 1. The van der Waals surface area contributed by atoms with E-state index in [2.05, 4.69) is 31.0 Å². The monoisotopic (exact) mass is 758 g/mol. The van der Waals surface area contributed by atoms with Gasteiger partial charge in [0.1, 0.15) is 24.6 Å². The molecule has 0 saturated heterocycles. The molecular weight excluding hydrogens is 698 g/mol. The highest BCUT2D eigenvalue weighted by atomic mass is 16.6. The van der Waals surface area contributed by atoms with Gasteiger partial charge in [0.05, 0.1) is 6.61 Å². The summed E-state index contributed by atoms with van der Waals surface area (Å²) in [5.41, 5.74) is 9.54. The van der Waals surface area contributed by atoms with E-state index in [1.807, 2.05) is 12.3 Å². The van der Waals surface area contributed by atoms with Crippen LogP contribution in [0.1, 0.15) is 96.2 Å². The van der Waals surface area contributed by atoms with Crippen LogP contribution in [-0.2, 0) is 25.5 Å². The maximum atomic E-state index is 12.8. The molecule has 5 N–H and O–H groups in total. The van der Waals surface area contributed by atoms with Crippen LogP contribution in [0.25, 0.3) is 11.1 Å². The van der Waals surface area contributed by atoms with Gasteiger partial charge in [-0.25, -0.2) is 4.98 Å². The number of aliphatic hydroxyl groups is 2. The van der Waals surface area contributed by atoms with Crippen molar-refractivity contribution in [2.24, 2.45) is 47.3 Å². The lowest BCUT2D eigenvalue weighted by atomic mass is 9.50. The Morgan fingerprint density at radius 3 is 2.45 bits per heavy atom. The molecular formula is C44H60N3O8-. The van der Waals surface area contributed by atoms with Gasteiger partial charge in [-0.2, -0.15) is 11.9 Å². The van der Waals surface area contributed by atoms with Crippen molar-refractivity contribution in [1.82, 2.24) is 9.97 Å². The first-order valence-electron chi connectivity index (χ1n) is 20.3. The van der Waals surface area contributed by atoms with E-state index in [1.54, 1.807) is 24.4 Å². The predicted octanol–water partition coefficient (Wildman–Crippen LogP) is 6.68. The zero-order valence-corrected chi connectivity index (χ0v) is 32.8. The number of pyridine rings is 1. The van der Waals surface area contributed by atoms with Gasteiger partial charge in [0.2, 0.25) is 0 Å². The number of nitrogens with two attached hydrogens (primary N) is 1. The number of aromatic nitrogens is 2. The quantitative estimate of drug-likeness (QED) is 0.122. The number of phenols is 1. The summed E-state index contributed by atoms with van der Waals surface area (Å²) in [5, 5.41) is 31.2. The van der Waals surface area contributed by atoms with Crippen LogP contribution in [0.3, 0.4) is 0 Å². The Hall–Kier alpha value is -4.09. The third-order valence-corrected chi connectivity index (χ3v) is 13.0. The van der Waals surface area contributed by atoms with Gasteiger partial charge in [0.25, 0.3) is 0 Å². The molecule has 2 heterocycles. The Morgan fingerprint density at radius 2 is 1.78 bits per heavy atom. The van der Waals surface area contributed by atoms with Gasteiger partial charge in [-0.05, 0) is 146 Å². The Kier molecular flexibility index (Phi) is 13.5. The number of fused-ring (bicyclic) bond motifs is 1. The zero-order valence-electron chi connectivity index (χ0n) is 32.8. The first-order valence-corrected chi connectivity index (χ1v) is 20.3. The van der Waals surface area contributed by atoms with E-state index in [0.29, 0.717) is 66.5 Å². The minimum absolute atomic E-state index is 0.0117. The minimum atomic E-state index is -0.581. The van der Waals surface area contributed by atoms with Gasteiger partial charge in [-0.1, -0.05) is 26.0 Å². The van der Waals surface area contributed by atoms with Gasteiger partial charge < -0.3 is 40.2 Å². The molecule has 2 bridgehead atoms. The van der Waals surface area contributed by atoms with Crippen LogP contribution in [0.2, 0.25) is 0 Å². The Morgan fingerprint density at radius 1 is 0.982 bits per heavy atom.